The second-order valence-electron chi connectivity index (χ2n) is 4.22. The summed E-state index contributed by atoms with van der Waals surface area (Å²) in [6.45, 7) is 0. The van der Waals surface area contributed by atoms with Gasteiger partial charge in [0.05, 0.1) is 16.2 Å². The molecule has 4 nitrogen and oxygen atoms in total. The molecule has 0 saturated heterocycles. The fourth-order valence-electron chi connectivity index (χ4n) is 1.91. The lowest BCUT2D eigenvalue weighted by molar-refractivity contribution is 0.847. The van der Waals surface area contributed by atoms with Crippen LogP contribution in [-0.2, 0) is 0 Å². The number of aromatic nitrogens is 3. The van der Waals surface area contributed by atoms with Gasteiger partial charge < -0.3 is 5.73 Å². The smallest absolute Gasteiger partial charge is 0.172 e. The number of hydrogen-bond donors (Lipinski definition) is 1. The van der Waals surface area contributed by atoms with Gasteiger partial charge in [-0.1, -0.05) is 41.4 Å². The third kappa shape index (κ3) is 2.35. The standard InChI is InChI=1S/C14H10Cl2N4/c15-10-5-12(16)14(18-7-10)20-8-9(6-19-20)11-3-1-2-4-13(11)17/h1-8H,17H2. The van der Waals surface area contributed by atoms with Crippen molar-refractivity contribution in [2.75, 3.05) is 5.73 Å². The molecule has 0 aliphatic heterocycles. The zero-order chi connectivity index (χ0) is 14.1. The quantitative estimate of drug-likeness (QED) is 0.732. The first-order chi connectivity index (χ1) is 9.65. The van der Waals surface area contributed by atoms with Gasteiger partial charge in [0, 0.05) is 29.2 Å². The van der Waals surface area contributed by atoms with Crippen LogP contribution in [0.3, 0.4) is 0 Å². The van der Waals surface area contributed by atoms with Gasteiger partial charge in [-0.05, 0) is 12.1 Å². The summed E-state index contributed by atoms with van der Waals surface area (Å²) in [5, 5.41) is 5.19. The number of pyridine rings is 1. The van der Waals surface area contributed by atoms with Crippen LogP contribution >= 0.6 is 23.2 Å². The third-order valence-electron chi connectivity index (χ3n) is 2.86. The van der Waals surface area contributed by atoms with Crippen LogP contribution in [0.15, 0.2) is 48.9 Å². The fourth-order valence-corrected chi connectivity index (χ4v) is 2.38. The highest BCUT2D eigenvalue weighted by Crippen LogP contribution is 2.27. The third-order valence-corrected chi connectivity index (χ3v) is 3.34. The van der Waals surface area contributed by atoms with Crippen LogP contribution in [0.25, 0.3) is 16.9 Å². The normalized spacial score (nSPS) is 10.7. The molecule has 0 radical (unpaired) electrons. The molecule has 3 aromatic rings. The van der Waals surface area contributed by atoms with E-state index in [4.69, 9.17) is 28.9 Å². The molecule has 0 aliphatic carbocycles. The van der Waals surface area contributed by atoms with E-state index < -0.39 is 0 Å². The van der Waals surface area contributed by atoms with E-state index >= 15 is 0 Å². The number of nitrogen functional groups attached to an aromatic ring is 1. The van der Waals surface area contributed by atoms with Crippen molar-refractivity contribution in [1.29, 1.82) is 0 Å². The number of nitrogens with two attached hydrogens (primary N) is 1. The first kappa shape index (κ1) is 13.0. The van der Waals surface area contributed by atoms with Gasteiger partial charge >= 0.3 is 0 Å². The van der Waals surface area contributed by atoms with Gasteiger partial charge in [0.1, 0.15) is 0 Å². The van der Waals surface area contributed by atoms with Crippen molar-refractivity contribution in [1.82, 2.24) is 14.8 Å². The van der Waals surface area contributed by atoms with Gasteiger partial charge in [-0.2, -0.15) is 5.10 Å². The fraction of sp³-hybridized carbons (Fsp3) is 0. The molecule has 3 rings (SSSR count). The largest absolute Gasteiger partial charge is 0.398 e. The number of halogens is 2. The highest BCUT2D eigenvalue weighted by Gasteiger charge is 2.09. The molecule has 0 aliphatic rings. The zero-order valence-electron chi connectivity index (χ0n) is 10.3. The van der Waals surface area contributed by atoms with Gasteiger partial charge in [0.25, 0.3) is 0 Å². The second kappa shape index (κ2) is 5.15. The molecule has 2 aromatic heterocycles. The van der Waals surface area contributed by atoms with Gasteiger partial charge in [0.15, 0.2) is 5.82 Å². The maximum atomic E-state index is 6.12. The minimum atomic E-state index is 0.438. The minimum absolute atomic E-state index is 0.438. The van der Waals surface area contributed by atoms with Crippen LogP contribution in [0.5, 0.6) is 0 Å². The average Bonchev–Trinajstić information content (AvgIpc) is 2.88. The van der Waals surface area contributed by atoms with Crippen LogP contribution in [0.4, 0.5) is 5.69 Å². The number of anilines is 1. The van der Waals surface area contributed by atoms with Gasteiger partial charge in [-0.25, -0.2) is 9.67 Å². The summed E-state index contributed by atoms with van der Waals surface area (Å²) in [4.78, 5) is 4.18. The Morgan fingerprint density at radius 3 is 2.65 bits per heavy atom. The predicted molar refractivity (Wildman–Crippen MR) is 81.2 cm³/mol. The molecule has 1 aromatic carbocycles. The molecule has 2 heterocycles. The number of rotatable bonds is 2. The lowest BCUT2D eigenvalue weighted by Crippen LogP contribution is -1.98. The van der Waals surface area contributed by atoms with E-state index in [0.29, 0.717) is 21.6 Å². The Morgan fingerprint density at radius 1 is 1.10 bits per heavy atom. The number of nitrogens with zero attached hydrogens (tertiary/aromatic N) is 3. The van der Waals surface area contributed by atoms with E-state index in [9.17, 15) is 0 Å². The van der Waals surface area contributed by atoms with Crippen LogP contribution < -0.4 is 5.73 Å². The van der Waals surface area contributed by atoms with E-state index in [1.165, 1.54) is 6.20 Å². The van der Waals surface area contributed by atoms with E-state index in [-0.39, 0.29) is 0 Å². The summed E-state index contributed by atoms with van der Waals surface area (Å²) in [6, 6.07) is 9.23. The van der Waals surface area contributed by atoms with Crippen LogP contribution in [0.1, 0.15) is 0 Å². The first-order valence-corrected chi connectivity index (χ1v) is 6.62. The molecule has 0 fully saturated rings. The average molecular weight is 305 g/mol. The van der Waals surface area contributed by atoms with Gasteiger partial charge in [-0.15, -0.1) is 0 Å². The molecule has 0 amide bonds. The summed E-state index contributed by atoms with van der Waals surface area (Å²) in [7, 11) is 0. The van der Waals surface area contributed by atoms with Crippen molar-refractivity contribution in [3.8, 4) is 16.9 Å². The molecular formula is C14H10Cl2N4. The Kier molecular flexibility index (Phi) is 3.34. The Balaban J connectivity index is 2.04. The Bertz CT molecular complexity index is 767. The molecule has 0 saturated carbocycles. The summed E-state index contributed by atoms with van der Waals surface area (Å²) < 4.78 is 1.60. The van der Waals surface area contributed by atoms with Crippen molar-refractivity contribution < 1.29 is 0 Å². The molecule has 6 heteroatoms. The molecular weight excluding hydrogens is 295 g/mol. The molecule has 0 unspecified atom stereocenters. The van der Waals surface area contributed by atoms with Crippen LogP contribution in [0.2, 0.25) is 10.0 Å². The second-order valence-corrected chi connectivity index (χ2v) is 5.06. The lowest BCUT2D eigenvalue weighted by atomic mass is 10.1. The highest BCUT2D eigenvalue weighted by molar-refractivity contribution is 6.35. The Hall–Kier alpha value is -2.04. The van der Waals surface area contributed by atoms with Crippen molar-refractivity contribution in [2.24, 2.45) is 0 Å². The minimum Gasteiger partial charge on any atom is -0.398 e. The summed E-state index contributed by atoms with van der Waals surface area (Å²) >= 11 is 12.0. The molecule has 20 heavy (non-hydrogen) atoms. The zero-order valence-corrected chi connectivity index (χ0v) is 11.8. The summed E-state index contributed by atoms with van der Waals surface area (Å²) in [6.07, 6.45) is 5.08. The summed E-state index contributed by atoms with van der Waals surface area (Å²) in [5.41, 5.74) is 8.47. The predicted octanol–water partition coefficient (Wildman–Crippen LogP) is 3.82. The van der Waals surface area contributed by atoms with Crippen molar-refractivity contribution in [3.63, 3.8) is 0 Å². The number of benzene rings is 1. The molecule has 0 atom stereocenters. The van der Waals surface area contributed by atoms with E-state index in [2.05, 4.69) is 10.1 Å². The number of para-hydroxylation sites is 1. The van der Waals surface area contributed by atoms with Gasteiger partial charge in [-0.3, -0.25) is 0 Å². The Morgan fingerprint density at radius 2 is 1.90 bits per heavy atom. The van der Waals surface area contributed by atoms with Crippen molar-refractivity contribution in [2.45, 2.75) is 0 Å². The molecule has 2 N–H and O–H groups in total. The van der Waals surface area contributed by atoms with Crippen molar-refractivity contribution in [3.05, 3.63) is 59.0 Å². The topological polar surface area (TPSA) is 56.7 Å². The number of hydrogen-bond acceptors (Lipinski definition) is 3. The SMILES string of the molecule is Nc1ccccc1-c1cnn(-c2ncc(Cl)cc2Cl)c1. The Labute approximate surface area is 125 Å². The van der Waals surface area contributed by atoms with E-state index in [0.717, 1.165) is 11.1 Å². The van der Waals surface area contributed by atoms with Gasteiger partial charge in [0.2, 0.25) is 0 Å². The lowest BCUT2D eigenvalue weighted by Gasteiger charge is -2.03. The maximum Gasteiger partial charge on any atom is 0.172 e. The first-order valence-electron chi connectivity index (χ1n) is 5.86. The monoisotopic (exact) mass is 304 g/mol. The summed E-state index contributed by atoms with van der Waals surface area (Å²) in [5.74, 6) is 0.525. The van der Waals surface area contributed by atoms with E-state index in [1.807, 2.05) is 30.5 Å². The molecule has 100 valence electrons. The van der Waals surface area contributed by atoms with Crippen LogP contribution in [0, 0.1) is 0 Å². The molecule has 0 bridgehead atoms. The van der Waals surface area contributed by atoms with E-state index in [1.54, 1.807) is 16.9 Å². The van der Waals surface area contributed by atoms with Crippen molar-refractivity contribution >= 4 is 28.9 Å². The maximum absolute atomic E-state index is 6.12. The molecule has 0 spiro atoms. The van der Waals surface area contributed by atoms with Crippen LogP contribution in [-0.4, -0.2) is 14.8 Å². The highest BCUT2D eigenvalue weighted by atomic mass is 35.5.